The lowest BCUT2D eigenvalue weighted by molar-refractivity contribution is 0.522. The predicted octanol–water partition coefficient (Wildman–Crippen LogP) is 3.49. The molecular formula is C17H22ClN3OS. The van der Waals surface area contributed by atoms with E-state index in [0.29, 0.717) is 6.42 Å². The van der Waals surface area contributed by atoms with Crippen molar-refractivity contribution in [2.75, 3.05) is 0 Å². The number of aliphatic hydroxyl groups is 1. The van der Waals surface area contributed by atoms with Crippen molar-refractivity contribution in [1.29, 1.82) is 0 Å². The van der Waals surface area contributed by atoms with Gasteiger partial charge >= 0.3 is 0 Å². The number of rotatable bonds is 8. The van der Waals surface area contributed by atoms with Crippen molar-refractivity contribution in [1.82, 2.24) is 9.55 Å². The fourth-order valence-corrected chi connectivity index (χ4v) is 2.87. The molecule has 0 spiro atoms. The van der Waals surface area contributed by atoms with Crippen LogP contribution in [0.3, 0.4) is 0 Å². The Kier molecular flexibility index (Phi) is 6.57. The highest BCUT2D eigenvalue weighted by Crippen LogP contribution is 2.18. The molecule has 0 aliphatic carbocycles. The van der Waals surface area contributed by atoms with Crippen LogP contribution in [0.4, 0.5) is 0 Å². The summed E-state index contributed by atoms with van der Waals surface area (Å²) in [5.41, 5.74) is 7.98. The molecule has 0 fully saturated rings. The molecule has 0 saturated heterocycles. The molecule has 1 atom stereocenters. The molecule has 6 heteroatoms. The van der Waals surface area contributed by atoms with Crippen LogP contribution >= 0.6 is 23.8 Å². The van der Waals surface area contributed by atoms with Crippen LogP contribution in [0.1, 0.15) is 30.4 Å². The van der Waals surface area contributed by atoms with Crippen molar-refractivity contribution in [3.05, 3.63) is 52.6 Å². The maximum absolute atomic E-state index is 9.39. The molecule has 0 aliphatic rings. The summed E-state index contributed by atoms with van der Waals surface area (Å²) >= 11 is 11.0. The quantitative estimate of drug-likeness (QED) is 0.714. The molecule has 0 saturated carbocycles. The Morgan fingerprint density at radius 2 is 2.13 bits per heavy atom. The van der Waals surface area contributed by atoms with E-state index in [0.717, 1.165) is 47.9 Å². The molecule has 0 bridgehead atoms. The summed E-state index contributed by atoms with van der Waals surface area (Å²) in [6, 6.07) is 7.31. The van der Waals surface area contributed by atoms with Gasteiger partial charge in [0.2, 0.25) is 0 Å². The average molecular weight is 352 g/mol. The number of nitrogens with two attached hydrogens (primary N) is 1. The molecule has 0 unspecified atom stereocenters. The van der Waals surface area contributed by atoms with E-state index in [1.54, 1.807) is 0 Å². The lowest BCUT2D eigenvalue weighted by atomic mass is 10.1. The van der Waals surface area contributed by atoms with Crippen LogP contribution < -0.4 is 5.73 Å². The van der Waals surface area contributed by atoms with Gasteiger partial charge in [-0.3, -0.25) is 0 Å². The number of nitrogens with zero attached hydrogens (tertiary/aromatic N) is 2. The molecule has 2 rings (SSSR count). The Balaban J connectivity index is 2.18. The van der Waals surface area contributed by atoms with Crippen LogP contribution in [-0.2, 0) is 25.8 Å². The van der Waals surface area contributed by atoms with Gasteiger partial charge in [0.15, 0.2) is 5.05 Å². The number of thiocarbonyl (C=S) groups is 1. The number of aliphatic hydroxyl groups excluding tert-OH is 1. The molecule has 0 aliphatic heterocycles. The van der Waals surface area contributed by atoms with Gasteiger partial charge in [0.05, 0.1) is 6.04 Å². The Labute approximate surface area is 147 Å². The number of hydrogen-bond donors (Lipinski definition) is 2. The van der Waals surface area contributed by atoms with Gasteiger partial charge in [-0.05, 0) is 36.7 Å². The second kappa shape index (κ2) is 8.43. The first-order valence-electron chi connectivity index (χ1n) is 7.78. The maximum Gasteiger partial charge on any atom is 0.174 e. The van der Waals surface area contributed by atoms with Crippen LogP contribution in [0.15, 0.2) is 30.5 Å². The van der Waals surface area contributed by atoms with Crippen LogP contribution in [0, 0.1) is 0 Å². The van der Waals surface area contributed by atoms with Crippen LogP contribution in [-0.4, -0.2) is 25.8 Å². The molecule has 0 amide bonds. The monoisotopic (exact) mass is 351 g/mol. The summed E-state index contributed by atoms with van der Waals surface area (Å²) in [4.78, 5) is 4.50. The molecule has 0 radical (unpaired) electrons. The minimum Gasteiger partial charge on any atom is -0.501 e. The molecule has 1 aromatic carbocycles. The summed E-state index contributed by atoms with van der Waals surface area (Å²) in [5, 5.41) is 10.00. The van der Waals surface area contributed by atoms with E-state index in [4.69, 9.17) is 29.6 Å². The first-order chi connectivity index (χ1) is 11.0. The zero-order chi connectivity index (χ0) is 16.8. The van der Waals surface area contributed by atoms with E-state index in [9.17, 15) is 5.11 Å². The zero-order valence-electron chi connectivity index (χ0n) is 13.2. The smallest absolute Gasteiger partial charge is 0.174 e. The SMILES string of the molecule is CCCc1ncc(C[C@H](N)C(O)=S)n1CCc1ccccc1Cl. The molecule has 3 N–H and O–H groups in total. The van der Waals surface area contributed by atoms with Crippen molar-refractivity contribution in [2.24, 2.45) is 5.73 Å². The highest BCUT2D eigenvalue weighted by atomic mass is 35.5. The lowest BCUT2D eigenvalue weighted by Crippen LogP contribution is -2.32. The topological polar surface area (TPSA) is 64.1 Å². The standard InChI is InChI=1S/C17H22ClN3OS/c1-2-5-16-20-11-13(10-15(19)17(22)23)21(16)9-8-12-6-3-4-7-14(12)18/h3-4,6-7,11,15H,2,5,8-10,19H2,1H3,(H,22,23)/t15-/m0/s1. The number of aromatic nitrogens is 2. The van der Waals surface area contributed by atoms with E-state index in [2.05, 4.69) is 16.5 Å². The predicted molar refractivity (Wildman–Crippen MR) is 98.3 cm³/mol. The van der Waals surface area contributed by atoms with Gasteiger partial charge in [-0.2, -0.15) is 0 Å². The zero-order valence-corrected chi connectivity index (χ0v) is 14.8. The number of halogens is 1. The second-order valence-corrected chi connectivity index (χ2v) is 6.38. The molecule has 124 valence electrons. The average Bonchev–Trinajstić information content (AvgIpc) is 2.89. The summed E-state index contributed by atoms with van der Waals surface area (Å²) < 4.78 is 2.17. The largest absolute Gasteiger partial charge is 0.501 e. The van der Waals surface area contributed by atoms with Gasteiger partial charge in [-0.25, -0.2) is 4.98 Å². The fourth-order valence-electron chi connectivity index (χ4n) is 2.56. The number of aryl methyl sites for hydroxylation is 2. The maximum atomic E-state index is 9.39. The van der Waals surface area contributed by atoms with Crippen molar-refractivity contribution in [2.45, 2.75) is 45.2 Å². The first kappa shape index (κ1) is 17.9. The van der Waals surface area contributed by atoms with Crippen LogP contribution in [0.2, 0.25) is 5.02 Å². The molecule has 4 nitrogen and oxygen atoms in total. The van der Waals surface area contributed by atoms with Gasteiger partial charge in [0, 0.05) is 36.3 Å². The van der Waals surface area contributed by atoms with Crippen molar-refractivity contribution < 1.29 is 5.11 Å². The lowest BCUT2D eigenvalue weighted by Gasteiger charge is -2.14. The van der Waals surface area contributed by atoms with Crippen molar-refractivity contribution >= 4 is 28.9 Å². The van der Waals surface area contributed by atoms with Gasteiger partial charge < -0.3 is 15.4 Å². The number of benzene rings is 1. The molecule has 23 heavy (non-hydrogen) atoms. The molecule has 1 aromatic heterocycles. The van der Waals surface area contributed by atoms with E-state index in [1.807, 2.05) is 30.5 Å². The van der Waals surface area contributed by atoms with Gasteiger partial charge in [0.1, 0.15) is 5.82 Å². The third kappa shape index (κ3) is 4.77. The minimum absolute atomic E-state index is 0.166. The normalized spacial score (nSPS) is 12.3. The van der Waals surface area contributed by atoms with Gasteiger partial charge in [-0.15, -0.1) is 0 Å². The Bertz CT molecular complexity index is 672. The van der Waals surface area contributed by atoms with Crippen LogP contribution in [0.25, 0.3) is 0 Å². The first-order valence-corrected chi connectivity index (χ1v) is 8.56. The molecule has 1 heterocycles. The summed E-state index contributed by atoms with van der Waals surface area (Å²) in [6.07, 6.45) is 5.05. The Hall–Kier alpha value is -1.43. The van der Waals surface area contributed by atoms with Gasteiger partial charge in [0.25, 0.3) is 0 Å². The fraction of sp³-hybridized carbons (Fsp3) is 0.412. The van der Waals surface area contributed by atoms with Crippen molar-refractivity contribution in [3.63, 3.8) is 0 Å². The summed E-state index contributed by atoms with van der Waals surface area (Å²) in [7, 11) is 0. The summed E-state index contributed by atoms with van der Waals surface area (Å²) in [5.74, 6) is 1.03. The van der Waals surface area contributed by atoms with E-state index in [-0.39, 0.29) is 5.05 Å². The van der Waals surface area contributed by atoms with E-state index < -0.39 is 6.04 Å². The highest BCUT2D eigenvalue weighted by molar-refractivity contribution is 7.80. The second-order valence-electron chi connectivity index (χ2n) is 5.56. The van der Waals surface area contributed by atoms with E-state index >= 15 is 0 Å². The van der Waals surface area contributed by atoms with Crippen molar-refractivity contribution in [3.8, 4) is 0 Å². The Morgan fingerprint density at radius 1 is 1.39 bits per heavy atom. The molecular weight excluding hydrogens is 330 g/mol. The summed E-state index contributed by atoms with van der Waals surface area (Å²) in [6.45, 7) is 2.90. The number of imidazole rings is 1. The van der Waals surface area contributed by atoms with Crippen LogP contribution in [0.5, 0.6) is 0 Å². The van der Waals surface area contributed by atoms with E-state index in [1.165, 1.54) is 0 Å². The third-order valence-corrected chi connectivity index (χ3v) is 4.47. The van der Waals surface area contributed by atoms with Gasteiger partial charge in [-0.1, -0.05) is 36.7 Å². The highest BCUT2D eigenvalue weighted by Gasteiger charge is 2.15. The number of hydrogen-bond acceptors (Lipinski definition) is 3. The molecule has 2 aromatic rings. The third-order valence-electron chi connectivity index (χ3n) is 3.80. The Morgan fingerprint density at radius 3 is 2.78 bits per heavy atom. The minimum atomic E-state index is -0.546.